The summed E-state index contributed by atoms with van der Waals surface area (Å²) in [6, 6.07) is -0.943. The van der Waals surface area contributed by atoms with E-state index in [2.05, 4.69) is 35.5 Å². The lowest BCUT2D eigenvalue weighted by Crippen LogP contribution is -2.61. The van der Waals surface area contributed by atoms with Crippen LogP contribution in [0.5, 0.6) is 0 Å². The molecule has 0 aliphatic carbocycles. The summed E-state index contributed by atoms with van der Waals surface area (Å²) < 4.78 is 47.7. The van der Waals surface area contributed by atoms with Crippen molar-refractivity contribution in [3.8, 4) is 0 Å². The summed E-state index contributed by atoms with van der Waals surface area (Å²) in [6.45, 7) is 3.40. The molecule has 1 heterocycles. The normalized spacial score (nSPS) is 20.4. The molecule has 0 bridgehead atoms. The van der Waals surface area contributed by atoms with Gasteiger partial charge in [0.2, 0.25) is 5.91 Å². The third-order valence-electron chi connectivity index (χ3n) is 12.5. The number of unbranched alkanes of at least 4 members (excludes halogenated alkanes) is 31. The summed E-state index contributed by atoms with van der Waals surface area (Å²) in [5.41, 5.74) is 0. The molecule has 64 heavy (non-hydrogen) atoms. The van der Waals surface area contributed by atoms with Crippen LogP contribution in [0.2, 0.25) is 0 Å². The highest BCUT2D eigenvalue weighted by Gasteiger charge is 2.48. The van der Waals surface area contributed by atoms with Gasteiger partial charge in [-0.2, -0.15) is 8.42 Å². The Bertz CT molecular complexity index is 1230. The quantitative estimate of drug-likeness (QED) is 0.0193. The molecule has 1 saturated heterocycles. The first-order chi connectivity index (χ1) is 31.0. The van der Waals surface area contributed by atoms with Crippen molar-refractivity contribution in [3.63, 3.8) is 0 Å². The van der Waals surface area contributed by atoms with Gasteiger partial charge in [-0.05, 0) is 44.9 Å². The number of aliphatic hydroxyl groups is 4. The fourth-order valence-corrected chi connectivity index (χ4v) is 8.90. The van der Waals surface area contributed by atoms with Crippen molar-refractivity contribution >= 4 is 16.3 Å². The summed E-state index contributed by atoms with van der Waals surface area (Å²) in [5.74, 6) is -0.264. The van der Waals surface area contributed by atoms with Gasteiger partial charge in [0.15, 0.2) is 6.29 Å². The maximum absolute atomic E-state index is 13.1. The molecule has 1 aliphatic heterocycles. The standard InChI is InChI=1S/C51H97NO11S/c1-3-5-7-9-11-13-15-17-18-19-20-21-22-23-24-25-26-27-29-31-33-35-37-39-41-47(55)52-44(45(54)40-38-36-34-32-30-28-16-14-12-10-8-6-4-2)43-61-51-49(57)50(63-64(58,59)60)48(56)46(42-53)62-51/h23-24,38,40,44-46,48-51,53-54,56-57H,3-22,25-37,39,41-43H2,1-2H3,(H,52,55)(H,58,59,60)/b24-23-,40-38+. The summed E-state index contributed by atoms with van der Waals surface area (Å²) in [6.07, 6.45) is 40.8. The van der Waals surface area contributed by atoms with Crippen molar-refractivity contribution in [1.82, 2.24) is 5.32 Å². The highest BCUT2D eigenvalue weighted by molar-refractivity contribution is 7.80. The molecule has 7 atom stereocenters. The lowest BCUT2D eigenvalue weighted by molar-refractivity contribution is -0.298. The molecule has 0 aromatic rings. The Balaban J connectivity index is 2.39. The van der Waals surface area contributed by atoms with Crippen LogP contribution in [0.25, 0.3) is 0 Å². The van der Waals surface area contributed by atoms with Crippen LogP contribution in [0, 0.1) is 0 Å². The number of rotatable bonds is 45. The molecule has 0 aromatic carbocycles. The van der Waals surface area contributed by atoms with Gasteiger partial charge in [-0.1, -0.05) is 212 Å². The fourth-order valence-electron chi connectivity index (χ4n) is 8.39. The fraction of sp³-hybridized carbons (Fsp3) is 0.902. The number of aliphatic hydroxyl groups excluding tert-OH is 4. The Morgan fingerprint density at radius 3 is 1.41 bits per heavy atom. The van der Waals surface area contributed by atoms with E-state index in [-0.39, 0.29) is 18.9 Å². The van der Waals surface area contributed by atoms with Crippen molar-refractivity contribution in [3.05, 3.63) is 24.3 Å². The van der Waals surface area contributed by atoms with Crippen LogP contribution >= 0.6 is 0 Å². The molecule has 1 aliphatic rings. The Morgan fingerprint density at radius 1 is 0.609 bits per heavy atom. The van der Waals surface area contributed by atoms with Gasteiger partial charge in [0.25, 0.3) is 0 Å². The van der Waals surface area contributed by atoms with E-state index in [1.54, 1.807) is 6.08 Å². The van der Waals surface area contributed by atoms with Gasteiger partial charge in [-0.15, -0.1) is 0 Å². The third-order valence-corrected chi connectivity index (χ3v) is 12.9. The van der Waals surface area contributed by atoms with Crippen LogP contribution in [0.15, 0.2) is 24.3 Å². The van der Waals surface area contributed by atoms with Crippen molar-refractivity contribution < 1.29 is 51.8 Å². The zero-order valence-electron chi connectivity index (χ0n) is 40.6. The van der Waals surface area contributed by atoms with Gasteiger partial charge in [-0.3, -0.25) is 9.35 Å². The average Bonchev–Trinajstić information content (AvgIpc) is 3.27. The van der Waals surface area contributed by atoms with E-state index in [1.165, 1.54) is 167 Å². The first kappa shape index (κ1) is 60.6. The molecular formula is C51H97NO11S. The highest BCUT2D eigenvalue weighted by atomic mass is 32.3. The van der Waals surface area contributed by atoms with Crippen LogP contribution in [-0.4, -0.2) is 95.4 Å². The van der Waals surface area contributed by atoms with E-state index >= 15 is 0 Å². The Hall–Kier alpha value is -1.42. The zero-order chi connectivity index (χ0) is 46.9. The second-order valence-corrected chi connectivity index (χ2v) is 19.5. The van der Waals surface area contributed by atoms with Crippen LogP contribution < -0.4 is 5.32 Å². The lowest BCUT2D eigenvalue weighted by Gasteiger charge is -2.41. The molecule has 0 aromatic heterocycles. The largest absolute Gasteiger partial charge is 0.397 e. The van der Waals surface area contributed by atoms with Gasteiger partial charge in [-0.25, -0.2) is 4.18 Å². The zero-order valence-corrected chi connectivity index (χ0v) is 41.4. The van der Waals surface area contributed by atoms with E-state index in [0.29, 0.717) is 6.42 Å². The molecule has 7 unspecified atom stereocenters. The van der Waals surface area contributed by atoms with Gasteiger partial charge in [0, 0.05) is 6.42 Å². The topological polar surface area (TPSA) is 192 Å². The molecular weight excluding hydrogens is 835 g/mol. The minimum absolute atomic E-state index is 0.264. The molecule has 1 amide bonds. The minimum Gasteiger partial charge on any atom is -0.394 e. The number of carbonyl (C=O) groups excluding carboxylic acids is 1. The molecule has 1 fully saturated rings. The Labute approximate surface area is 391 Å². The molecule has 6 N–H and O–H groups in total. The smallest absolute Gasteiger partial charge is 0.394 e. The predicted molar refractivity (Wildman–Crippen MR) is 259 cm³/mol. The first-order valence-corrected chi connectivity index (χ1v) is 27.6. The summed E-state index contributed by atoms with van der Waals surface area (Å²) in [4.78, 5) is 13.1. The van der Waals surface area contributed by atoms with Gasteiger partial charge in [0.05, 0.1) is 25.4 Å². The molecule has 12 nitrogen and oxygen atoms in total. The Morgan fingerprint density at radius 2 is 1.00 bits per heavy atom. The molecule has 1 rings (SSSR count). The van der Waals surface area contributed by atoms with Gasteiger partial charge < -0.3 is 35.2 Å². The molecule has 378 valence electrons. The molecule has 0 spiro atoms. The number of hydrogen-bond acceptors (Lipinski definition) is 10. The first-order valence-electron chi connectivity index (χ1n) is 26.2. The SMILES string of the molecule is CCCCCCCCCCCCC/C=C/C(O)C(COC1OC(CO)C(O)C(OS(=O)(=O)O)C1O)NC(=O)CCCCCCCCCC/C=C\CCCCCCCCCCCCCC. The number of allylic oxidation sites excluding steroid dienone is 3. The van der Waals surface area contributed by atoms with Crippen LogP contribution in [0.4, 0.5) is 0 Å². The maximum Gasteiger partial charge on any atom is 0.397 e. The van der Waals surface area contributed by atoms with E-state index in [0.717, 1.165) is 44.9 Å². The third kappa shape index (κ3) is 34.0. The number of nitrogens with one attached hydrogen (secondary N) is 1. The average molecular weight is 932 g/mol. The van der Waals surface area contributed by atoms with Crippen LogP contribution in [0.3, 0.4) is 0 Å². The van der Waals surface area contributed by atoms with Crippen molar-refractivity contribution in [1.29, 1.82) is 0 Å². The van der Waals surface area contributed by atoms with E-state index in [4.69, 9.17) is 9.47 Å². The van der Waals surface area contributed by atoms with Crippen LogP contribution in [0.1, 0.15) is 239 Å². The summed E-state index contributed by atoms with van der Waals surface area (Å²) in [7, 11) is -5.08. The number of amides is 1. The highest BCUT2D eigenvalue weighted by Crippen LogP contribution is 2.26. The second-order valence-electron chi connectivity index (χ2n) is 18.5. The van der Waals surface area contributed by atoms with Crippen molar-refractivity contribution in [2.75, 3.05) is 13.2 Å². The summed E-state index contributed by atoms with van der Waals surface area (Å²) >= 11 is 0. The number of ether oxygens (including phenoxy) is 2. The van der Waals surface area contributed by atoms with Gasteiger partial charge >= 0.3 is 10.4 Å². The van der Waals surface area contributed by atoms with Crippen LogP contribution in [-0.2, 0) is 28.9 Å². The minimum atomic E-state index is -5.08. The number of hydrogen-bond donors (Lipinski definition) is 6. The van der Waals surface area contributed by atoms with E-state index in [9.17, 15) is 38.2 Å². The van der Waals surface area contributed by atoms with Crippen molar-refractivity contribution in [2.24, 2.45) is 0 Å². The van der Waals surface area contributed by atoms with E-state index in [1.807, 2.05) is 6.08 Å². The predicted octanol–water partition coefficient (Wildman–Crippen LogP) is 11.3. The monoisotopic (exact) mass is 932 g/mol. The summed E-state index contributed by atoms with van der Waals surface area (Å²) in [5, 5.41) is 44.8. The maximum atomic E-state index is 13.1. The van der Waals surface area contributed by atoms with E-state index < -0.39 is 59.9 Å². The molecule has 0 saturated carbocycles. The second kappa shape index (κ2) is 41.7. The van der Waals surface area contributed by atoms with Gasteiger partial charge in [0.1, 0.15) is 24.4 Å². The molecule has 0 radical (unpaired) electrons. The number of carbonyl (C=O) groups is 1. The Kier molecular flexibility index (Phi) is 39.5. The van der Waals surface area contributed by atoms with Crippen molar-refractivity contribution in [2.45, 2.75) is 281 Å². The lowest BCUT2D eigenvalue weighted by atomic mass is 9.99. The molecule has 13 heteroatoms.